The van der Waals surface area contributed by atoms with Crippen LogP contribution in [-0.2, 0) is 0 Å². The summed E-state index contributed by atoms with van der Waals surface area (Å²) in [6.45, 7) is 0. The summed E-state index contributed by atoms with van der Waals surface area (Å²) in [5, 5.41) is 4.40. The molecule has 0 bridgehead atoms. The van der Waals surface area contributed by atoms with Gasteiger partial charge in [0.25, 0.3) is 5.91 Å². The average Bonchev–Trinajstić information content (AvgIpc) is 3.06. The van der Waals surface area contributed by atoms with Crippen LogP contribution in [0.15, 0.2) is 36.7 Å². The van der Waals surface area contributed by atoms with Crippen LogP contribution in [0.4, 0.5) is 4.39 Å². The van der Waals surface area contributed by atoms with E-state index in [-0.39, 0.29) is 5.82 Å². The minimum absolute atomic E-state index is 0.271. The van der Waals surface area contributed by atoms with Gasteiger partial charge in [0.1, 0.15) is 11.4 Å². The van der Waals surface area contributed by atoms with Crippen LogP contribution in [0.3, 0.4) is 0 Å². The largest absolute Gasteiger partial charge is 0.365 e. The first kappa shape index (κ1) is 15.7. The lowest BCUT2D eigenvalue weighted by Crippen LogP contribution is -2.14. The Morgan fingerprint density at radius 3 is 2.52 bits per heavy atom. The van der Waals surface area contributed by atoms with Gasteiger partial charge in [-0.05, 0) is 30.5 Å². The quantitative estimate of drug-likeness (QED) is 0.791. The van der Waals surface area contributed by atoms with Gasteiger partial charge in [0.15, 0.2) is 5.65 Å². The number of fused-ring (bicyclic) bond motifs is 1. The first-order valence-electron chi connectivity index (χ1n) is 8.57. The van der Waals surface area contributed by atoms with Crippen molar-refractivity contribution in [2.75, 3.05) is 0 Å². The highest BCUT2D eigenvalue weighted by Gasteiger charge is 2.25. The van der Waals surface area contributed by atoms with Crippen molar-refractivity contribution in [1.82, 2.24) is 14.6 Å². The molecule has 4 rings (SSSR count). The Morgan fingerprint density at radius 2 is 1.84 bits per heavy atom. The lowest BCUT2D eigenvalue weighted by atomic mass is 9.84. The summed E-state index contributed by atoms with van der Waals surface area (Å²) >= 11 is 0. The molecule has 1 saturated carbocycles. The Labute approximate surface area is 144 Å². The summed E-state index contributed by atoms with van der Waals surface area (Å²) in [6.07, 6.45) is 8.94. The van der Waals surface area contributed by atoms with Gasteiger partial charge in [-0.2, -0.15) is 5.10 Å². The predicted octanol–water partition coefficient (Wildman–Crippen LogP) is 3.68. The molecule has 5 nitrogen and oxygen atoms in total. The molecule has 3 aromatic rings. The molecule has 0 unspecified atom stereocenters. The van der Waals surface area contributed by atoms with Crippen molar-refractivity contribution < 1.29 is 9.18 Å². The van der Waals surface area contributed by atoms with Crippen molar-refractivity contribution in [3.63, 3.8) is 0 Å². The van der Waals surface area contributed by atoms with E-state index in [1.54, 1.807) is 22.8 Å². The number of hydrogen-bond donors (Lipinski definition) is 1. The molecule has 25 heavy (non-hydrogen) atoms. The second-order valence-electron chi connectivity index (χ2n) is 6.56. The average molecular weight is 338 g/mol. The first-order valence-corrected chi connectivity index (χ1v) is 8.57. The highest BCUT2D eigenvalue weighted by molar-refractivity contribution is 5.98. The maximum atomic E-state index is 13.3. The fourth-order valence-corrected chi connectivity index (χ4v) is 3.74. The number of aromatic nitrogens is 3. The maximum absolute atomic E-state index is 13.3. The van der Waals surface area contributed by atoms with E-state index in [9.17, 15) is 9.18 Å². The third kappa shape index (κ3) is 2.77. The zero-order chi connectivity index (χ0) is 17.4. The summed E-state index contributed by atoms with van der Waals surface area (Å²) < 4.78 is 15.1. The molecular formula is C19H19FN4O. The Hall–Kier alpha value is -2.76. The van der Waals surface area contributed by atoms with Crippen LogP contribution in [0.1, 0.15) is 54.1 Å². The third-order valence-electron chi connectivity index (χ3n) is 4.98. The van der Waals surface area contributed by atoms with Crippen molar-refractivity contribution >= 4 is 11.6 Å². The lowest BCUT2D eigenvalue weighted by molar-refractivity contribution is 0.100. The van der Waals surface area contributed by atoms with Crippen LogP contribution in [0.5, 0.6) is 0 Å². The van der Waals surface area contributed by atoms with E-state index in [0.29, 0.717) is 17.1 Å². The number of carbonyl (C=O) groups is 1. The van der Waals surface area contributed by atoms with Crippen LogP contribution in [0, 0.1) is 5.82 Å². The van der Waals surface area contributed by atoms with Crippen molar-refractivity contribution in [2.24, 2.45) is 5.73 Å². The van der Waals surface area contributed by atoms with Gasteiger partial charge in [-0.1, -0.05) is 31.4 Å². The molecule has 0 atom stereocenters. The van der Waals surface area contributed by atoms with Gasteiger partial charge in [-0.15, -0.1) is 0 Å². The van der Waals surface area contributed by atoms with Crippen LogP contribution in [0.25, 0.3) is 16.8 Å². The van der Waals surface area contributed by atoms with Gasteiger partial charge < -0.3 is 5.73 Å². The molecule has 2 heterocycles. The van der Waals surface area contributed by atoms with Crippen molar-refractivity contribution in [3.8, 4) is 11.1 Å². The molecule has 6 heteroatoms. The fraction of sp³-hybridized carbons (Fsp3) is 0.316. The Kier molecular flexibility index (Phi) is 3.95. The summed E-state index contributed by atoms with van der Waals surface area (Å²) in [6, 6.07) is 6.40. The molecular weight excluding hydrogens is 319 g/mol. The molecule has 1 amide bonds. The Morgan fingerprint density at radius 1 is 1.12 bits per heavy atom. The highest BCUT2D eigenvalue weighted by Crippen LogP contribution is 2.38. The second kappa shape index (κ2) is 6.27. The summed E-state index contributed by atoms with van der Waals surface area (Å²) in [7, 11) is 0. The van der Waals surface area contributed by atoms with Crippen LogP contribution >= 0.6 is 0 Å². The number of benzene rings is 1. The number of hydrogen-bond acceptors (Lipinski definition) is 3. The zero-order valence-corrected chi connectivity index (χ0v) is 13.8. The number of halogens is 1. The number of nitrogens with zero attached hydrogens (tertiary/aromatic N) is 3. The molecule has 1 aromatic carbocycles. The van der Waals surface area contributed by atoms with Gasteiger partial charge in [0.05, 0.1) is 11.9 Å². The molecule has 1 fully saturated rings. The Bertz CT molecular complexity index is 926. The van der Waals surface area contributed by atoms with E-state index in [1.165, 1.54) is 37.6 Å². The first-order chi connectivity index (χ1) is 12.1. The standard InChI is InChI=1S/C19H19FN4O/c20-14-8-6-12(7-9-14)15-10-22-19-16(18(21)25)11-23-24(19)17(15)13-4-2-1-3-5-13/h6-11,13H,1-5H2,(H2,21,25). The van der Waals surface area contributed by atoms with Crippen LogP contribution in [0.2, 0.25) is 0 Å². The highest BCUT2D eigenvalue weighted by atomic mass is 19.1. The van der Waals surface area contributed by atoms with E-state index in [1.807, 2.05) is 0 Å². The SMILES string of the molecule is NC(=O)c1cnn2c(C3CCCCC3)c(-c3ccc(F)cc3)cnc12. The van der Waals surface area contributed by atoms with Gasteiger partial charge in [-0.3, -0.25) is 4.79 Å². The van der Waals surface area contributed by atoms with Crippen LogP contribution in [-0.4, -0.2) is 20.5 Å². The van der Waals surface area contributed by atoms with Gasteiger partial charge in [0.2, 0.25) is 0 Å². The van der Waals surface area contributed by atoms with Crippen molar-refractivity contribution in [3.05, 3.63) is 53.7 Å². The van der Waals surface area contributed by atoms with Crippen LogP contribution < -0.4 is 5.73 Å². The topological polar surface area (TPSA) is 73.3 Å². The molecule has 1 aliphatic rings. The lowest BCUT2D eigenvalue weighted by Gasteiger charge is -2.24. The predicted molar refractivity (Wildman–Crippen MR) is 92.7 cm³/mol. The number of primary amides is 1. The van der Waals surface area contributed by atoms with E-state index >= 15 is 0 Å². The molecule has 1 aliphatic carbocycles. The molecule has 0 radical (unpaired) electrons. The Balaban J connectivity index is 1.95. The monoisotopic (exact) mass is 338 g/mol. The maximum Gasteiger partial charge on any atom is 0.254 e. The molecule has 0 aliphatic heterocycles. The van der Waals surface area contributed by atoms with E-state index in [2.05, 4.69) is 10.1 Å². The number of amides is 1. The number of rotatable bonds is 3. The van der Waals surface area contributed by atoms with Crippen molar-refractivity contribution in [1.29, 1.82) is 0 Å². The molecule has 128 valence electrons. The van der Waals surface area contributed by atoms with E-state index in [0.717, 1.165) is 29.7 Å². The summed E-state index contributed by atoms with van der Waals surface area (Å²) in [5.41, 5.74) is 9.11. The number of nitrogens with two attached hydrogens (primary N) is 1. The van der Waals surface area contributed by atoms with Gasteiger partial charge >= 0.3 is 0 Å². The third-order valence-corrected chi connectivity index (χ3v) is 4.98. The molecule has 2 aromatic heterocycles. The van der Waals surface area contributed by atoms with Gasteiger partial charge in [-0.25, -0.2) is 13.9 Å². The fourth-order valence-electron chi connectivity index (χ4n) is 3.74. The summed E-state index contributed by atoms with van der Waals surface area (Å²) in [4.78, 5) is 16.1. The smallest absolute Gasteiger partial charge is 0.254 e. The molecule has 0 spiro atoms. The molecule has 2 N–H and O–H groups in total. The minimum Gasteiger partial charge on any atom is -0.365 e. The molecule has 0 saturated heterocycles. The summed E-state index contributed by atoms with van der Waals surface area (Å²) in [5.74, 6) is -0.473. The van der Waals surface area contributed by atoms with E-state index < -0.39 is 5.91 Å². The number of carbonyl (C=O) groups excluding carboxylic acids is 1. The van der Waals surface area contributed by atoms with Crippen molar-refractivity contribution in [2.45, 2.75) is 38.0 Å². The van der Waals surface area contributed by atoms with E-state index in [4.69, 9.17) is 5.73 Å². The normalized spacial score (nSPS) is 15.6. The minimum atomic E-state index is -0.536. The zero-order valence-electron chi connectivity index (χ0n) is 13.8. The van der Waals surface area contributed by atoms with Gasteiger partial charge in [0, 0.05) is 17.7 Å². The second-order valence-corrected chi connectivity index (χ2v) is 6.56.